The topological polar surface area (TPSA) is 105 Å². The van der Waals surface area contributed by atoms with Crippen molar-refractivity contribution in [3.63, 3.8) is 0 Å². The van der Waals surface area contributed by atoms with Crippen LogP contribution in [0.5, 0.6) is 11.5 Å². The van der Waals surface area contributed by atoms with Gasteiger partial charge in [0.1, 0.15) is 24.1 Å². The van der Waals surface area contributed by atoms with Crippen molar-refractivity contribution in [1.82, 2.24) is 10.2 Å². The highest BCUT2D eigenvalue weighted by Gasteiger charge is 2.32. The van der Waals surface area contributed by atoms with Gasteiger partial charge in [-0.1, -0.05) is 40.9 Å². The van der Waals surface area contributed by atoms with Gasteiger partial charge in [0.25, 0.3) is 0 Å². The molecular formula is C26H34BrN3O6S. The molecule has 1 fully saturated rings. The molecule has 9 nitrogen and oxygen atoms in total. The number of carbonyl (C=O) groups excluding carboxylic acids is 2. The van der Waals surface area contributed by atoms with Crippen molar-refractivity contribution in [2.45, 2.75) is 51.2 Å². The molecule has 202 valence electrons. The second-order valence-electron chi connectivity index (χ2n) is 9.12. The maximum atomic E-state index is 13.7. The molecule has 0 spiro atoms. The fourth-order valence-electron chi connectivity index (χ4n) is 4.39. The van der Waals surface area contributed by atoms with Crippen molar-refractivity contribution in [2.75, 3.05) is 31.3 Å². The zero-order valence-corrected chi connectivity index (χ0v) is 24.0. The number of hydrogen-bond acceptors (Lipinski definition) is 6. The van der Waals surface area contributed by atoms with Crippen LogP contribution in [0.3, 0.4) is 0 Å². The first-order valence-corrected chi connectivity index (χ1v) is 14.7. The van der Waals surface area contributed by atoms with E-state index in [0.717, 1.165) is 46.3 Å². The summed E-state index contributed by atoms with van der Waals surface area (Å²) in [6.07, 6.45) is 4.98. The van der Waals surface area contributed by atoms with Gasteiger partial charge >= 0.3 is 0 Å². The van der Waals surface area contributed by atoms with Gasteiger partial charge in [-0.05, 0) is 49.6 Å². The lowest BCUT2D eigenvalue weighted by atomic mass is 10.1. The smallest absolute Gasteiger partial charge is 0.244 e. The van der Waals surface area contributed by atoms with Crippen LogP contribution in [0.15, 0.2) is 46.9 Å². The number of amides is 2. The Morgan fingerprint density at radius 1 is 1.11 bits per heavy atom. The summed E-state index contributed by atoms with van der Waals surface area (Å²) in [5.41, 5.74) is 1.00. The standard InChI is InChI=1S/C26H34BrN3O6S/c1-18(26(32)28-21-10-5-6-11-21)29(16-19-8-7-9-20(27)14-19)25(31)17-30(37(4,33)34)23-13-12-22(35-2)15-24(23)36-3/h7-9,12-15,18,21H,5-6,10-11,16-17H2,1-4H3,(H,28,32)/t18-/m0/s1. The van der Waals surface area contributed by atoms with Crippen LogP contribution in [0.25, 0.3) is 0 Å². The molecule has 0 radical (unpaired) electrons. The highest BCUT2D eigenvalue weighted by Crippen LogP contribution is 2.33. The van der Waals surface area contributed by atoms with E-state index in [0.29, 0.717) is 5.75 Å². The molecule has 3 rings (SSSR count). The molecular weight excluding hydrogens is 562 g/mol. The molecule has 2 aromatic rings. The number of methoxy groups -OCH3 is 2. The highest BCUT2D eigenvalue weighted by molar-refractivity contribution is 9.10. The van der Waals surface area contributed by atoms with Crippen molar-refractivity contribution in [3.8, 4) is 11.5 Å². The lowest BCUT2D eigenvalue weighted by Crippen LogP contribution is -2.52. The third-order valence-electron chi connectivity index (χ3n) is 6.45. The maximum absolute atomic E-state index is 13.7. The van der Waals surface area contributed by atoms with Crippen molar-refractivity contribution in [2.24, 2.45) is 0 Å². The van der Waals surface area contributed by atoms with Gasteiger partial charge in [0.2, 0.25) is 21.8 Å². The van der Waals surface area contributed by atoms with E-state index >= 15 is 0 Å². The zero-order chi connectivity index (χ0) is 27.2. The van der Waals surface area contributed by atoms with Gasteiger partial charge in [0.15, 0.2) is 0 Å². The Hall–Kier alpha value is -2.79. The van der Waals surface area contributed by atoms with Gasteiger partial charge in [-0.15, -0.1) is 0 Å². The average molecular weight is 597 g/mol. The second kappa shape index (κ2) is 12.6. The van der Waals surface area contributed by atoms with Crippen molar-refractivity contribution in [3.05, 3.63) is 52.5 Å². The summed E-state index contributed by atoms with van der Waals surface area (Å²) >= 11 is 3.44. The molecule has 1 aliphatic carbocycles. The first kappa shape index (κ1) is 28.8. The molecule has 2 aromatic carbocycles. The molecule has 0 unspecified atom stereocenters. The first-order chi connectivity index (χ1) is 17.5. The number of nitrogens with zero attached hydrogens (tertiary/aromatic N) is 2. The van der Waals surface area contributed by atoms with Crippen LogP contribution in [0.4, 0.5) is 5.69 Å². The number of sulfonamides is 1. The Morgan fingerprint density at radius 3 is 2.41 bits per heavy atom. The SMILES string of the molecule is COc1ccc(N(CC(=O)N(Cc2cccc(Br)c2)[C@@H](C)C(=O)NC2CCCC2)S(C)(=O)=O)c(OC)c1. The molecule has 37 heavy (non-hydrogen) atoms. The van der Waals surface area contributed by atoms with Crippen molar-refractivity contribution in [1.29, 1.82) is 0 Å². The fourth-order valence-corrected chi connectivity index (χ4v) is 5.69. The summed E-state index contributed by atoms with van der Waals surface area (Å²) in [6.45, 7) is 1.30. The van der Waals surface area contributed by atoms with E-state index in [1.807, 2.05) is 24.3 Å². The van der Waals surface area contributed by atoms with Crippen LogP contribution in [-0.2, 0) is 26.2 Å². The van der Waals surface area contributed by atoms with Crippen molar-refractivity contribution >= 4 is 43.5 Å². The molecule has 11 heteroatoms. The number of halogens is 1. The summed E-state index contributed by atoms with van der Waals surface area (Å²) in [5, 5.41) is 3.05. The molecule has 2 amide bonds. The Labute approximate surface area is 227 Å². The van der Waals surface area contributed by atoms with Gasteiger partial charge in [-0.25, -0.2) is 8.42 Å². The minimum absolute atomic E-state index is 0.0915. The monoisotopic (exact) mass is 595 g/mol. The van der Waals surface area contributed by atoms with Crippen molar-refractivity contribution < 1.29 is 27.5 Å². The van der Waals surface area contributed by atoms with Crippen LogP contribution >= 0.6 is 15.9 Å². The molecule has 1 N–H and O–H groups in total. The Kier molecular flexibility index (Phi) is 9.83. The van der Waals surface area contributed by atoms with Crippen LogP contribution in [-0.4, -0.2) is 64.2 Å². The normalized spacial score (nSPS) is 14.6. The molecule has 1 atom stereocenters. The predicted octanol–water partition coefficient (Wildman–Crippen LogP) is 3.71. The molecule has 0 heterocycles. The highest BCUT2D eigenvalue weighted by atomic mass is 79.9. The van der Waals surface area contributed by atoms with Crippen LogP contribution in [0.2, 0.25) is 0 Å². The first-order valence-electron chi connectivity index (χ1n) is 12.1. The predicted molar refractivity (Wildman–Crippen MR) is 146 cm³/mol. The van der Waals surface area contributed by atoms with E-state index in [2.05, 4.69) is 21.2 Å². The van der Waals surface area contributed by atoms with E-state index in [1.165, 1.54) is 25.2 Å². The Balaban J connectivity index is 1.93. The molecule has 1 aliphatic rings. The van der Waals surface area contributed by atoms with Gasteiger partial charge in [0, 0.05) is 23.1 Å². The number of anilines is 1. The lowest BCUT2D eigenvalue weighted by molar-refractivity contribution is -0.139. The Morgan fingerprint density at radius 2 is 1.81 bits per heavy atom. The average Bonchev–Trinajstić information content (AvgIpc) is 3.37. The number of benzene rings is 2. The number of ether oxygens (including phenoxy) is 2. The third kappa shape index (κ3) is 7.61. The summed E-state index contributed by atoms with van der Waals surface area (Å²) in [5.74, 6) is -0.0578. The lowest BCUT2D eigenvalue weighted by Gasteiger charge is -2.32. The third-order valence-corrected chi connectivity index (χ3v) is 8.07. The summed E-state index contributed by atoms with van der Waals surface area (Å²) in [4.78, 5) is 28.3. The minimum atomic E-state index is -3.89. The molecule has 1 saturated carbocycles. The van der Waals surface area contributed by atoms with E-state index in [-0.39, 0.29) is 29.9 Å². The number of rotatable bonds is 11. The summed E-state index contributed by atoms with van der Waals surface area (Å²) in [6, 6.07) is 11.4. The van der Waals surface area contributed by atoms with Gasteiger partial charge in [-0.2, -0.15) is 0 Å². The minimum Gasteiger partial charge on any atom is -0.497 e. The van der Waals surface area contributed by atoms with Crippen LogP contribution < -0.4 is 19.1 Å². The molecule has 0 saturated heterocycles. The van der Waals surface area contributed by atoms with Gasteiger partial charge in [0.05, 0.1) is 26.2 Å². The van der Waals surface area contributed by atoms with Crippen LogP contribution in [0, 0.1) is 0 Å². The molecule has 0 aromatic heterocycles. The van der Waals surface area contributed by atoms with E-state index in [4.69, 9.17) is 9.47 Å². The molecule has 0 bridgehead atoms. The Bertz CT molecular complexity index is 1220. The maximum Gasteiger partial charge on any atom is 0.244 e. The zero-order valence-electron chi connectivity index (χ0n) is 21.6. The van der Waals surface area contributed by atoms with E-state index < -0.39 is 28.5 Å². The largest absolute Gasteiger partial charge is 0.497 e. The molecule has 0 aliphatic heterocycles. The summed E-state index contributed by atoms with van der Waals surface area (Å²) < 4.78 is 38.1. The van der Waals surface area contributed by atoms with E-state index in [9.17, 15) is 18.0 Å². The summed E-state index contributed by atoms with van der Waals surface area (Å²) in [7, 11) is -0.983. The number of hydrogen-bond donors (Lipinski definition) is 1. The van der Waals surface area contributed by atoms with Crippen LogP contribution in [0.1, 0.15) is 38.2 Å². The quantitative estimate of drug-likeness (QED) is 0.424. The fraction of sp³-hybridized carbons (Fsp3) is 0.462. The van der Waals surface area contributed by atoms with Gasteiger partial charge in [-0.3, -0.25) is 13.9 Å². The van der Waals surface area contributed by atoms with E-state index in [1.54, 1.807) is 19.1 Å². The van der Waals surface area contributed by atoms with Gasteiger partial charge < -0.3 is 19.7 Å². The number of nitrogens with one attached hydrogen (secondary N) is 1. The second-order valence-corrected chi connectivity index (χ2v) is 11.9. The number of carbonyl (C=O) groups is 2.